The van der Waals surface area contributed by atoms with Gasteiger partial charge in [-0.1, -0.05) is 12.6 Å². The molecule has 0 heterocycles. The molecule has 70 valence electrons. The van der Waals surface area contributed by atoms with E-state index in [1.807, 2.05) is 6.92 Å². The fraction of sp³-hybridized carbons (Fsp3) is 0.273. The van der Waals surface area contributed by atoms with E-state index in [1.165, 1.54) is 6.07 Å². The van der Waals surface area contributed by atoms with E-state index in [2.05, 4.69) is 6.58 Å². The topological polar surface area (TPSA) is 9.23 Å². The number of benzene rings is 1. The molecule has 0 saturated carbocycles. The second kappa shape index (κ2) is 4.08. The summed E-state index contributed by atoms with van der Waals surface area (Å²) in [5.74, 6) is 0.310. The van der Waals surface area contributed by atoms with Crippen LogP contribution in [0.2, 0.25) is 0 Å². The highest BCUT2D eigenvalue weighted by molar-refractivity contribution is 5.28. The lowest BCUT2D eigenvalue weighted by Gasteiger charge is -2.06. The fourth-order valence-electron chi connectivity index (χ4n) is 0.870. The number of rotatable bonds is 3. The molecule has 0 aliphatic carbocycles. The Labute approximate surface area is 77.8 Å². The van der Waals surface area contributed by atoms with E-state index in [9.17, 15) is 4.39 Å². The zero-order valence-corrected chi connectivity index (χ0v) is 7.93. The molecule has 0 fully saturated rings. The van der Waals surface area contributed by atoms with Crippen molar-refractivity contribution < 1.29 is 9.13 Å². The molecule has 0 unspecified atom stereocenters. The van der Waals surface area contributed by atoms with Gasteiger partial charge in [0.1, 0.15) is 18.2 Å². The van der Waals surface area contributed by atoms with Crippen molar-refractivity contribution in [3.63, 3.8) is 0 Å². The van der Waals surface area contributed by atoms with Crippen molar-refractivity contribution in [1.82, 2.24) is 0 Å². The predicted octanol–water partition coefficient (Wildman–Crippen LogP) is 3.09. The molecule has 1 aromatic carbocycles. The first-order chi connectivity index (χ1) is 6.09. The lowest BCUT2D eigenvalue weighted by molar-refractivity contribution is 0.350. The van der Waals surface area contributed by atoms with Crippen molar-refractivity contribution in [1.29, 1.82) is 0 Å². The van der Waals surface area contributed by atoms with Crippen LogP contribution in [0.4, 0.5) is 4.39 Å². The van der Waals surface area contributed by atoms with Crippen LogP contribution in [0.25, 0.3) is 0 Å². The van der Waals surface area contributed by atoms with Crippen LogP contribution < -0.4 is 4.74 Å². The lowest BCUT2D eigenvalue weighted by Crippen LogP contribution is -1.98. The molecule has 1 aromatic rings. The normalized spacial score (nSPS) is 9.77. The Morgan fingerprint density at radius 3 is 2.77 bits per heavy atom. The predicted molar refractivity (Wildman–Crippen MR) is 51.4 cm³/mol. The number of ether oxygens (including phenoxy) is 1. The highest BCUT2D eigenvalue weighted by Crippen LogP contribution is 2.16. The van der Waals surface area contributed by atoms with Gasteiger partial charge >= 0.3 is 0 Å². The zero-order chi connectivity index (χ0) is 9.84. The van der Waals surface area contributed by atoms with Gasteiger partial charge in [-0.25, -0.2) is 4.39 Å². The van der Waals surface area contributed by atoms with Crippen molar-refractivity contribution >= 4 is 0 Å². The lowest BCUT2D eigenvalue weighted by atomic mass is 10.2. The van der Waals surface area contributed by atoms with Crippen LogP contribution >= 0.6 is 0 Å². The Balaban J connectivity index is 2.68. The number of hydrogen-bond acceptors (Lipinski definition) is 1. The third-order valence-electron chi connectivity index (χ3n) is 1.63. The number of aryl methyl sites for hydroxylation is 1. The van der Waals surface area contributed by atoms with Crippen LogP contribution in [-0.2, 0) is 0 Å². The summed E-state index contributed by atoms with van der Waals surface area (Å²) in [4.78, 5) is 0. The van der Waals surface area contributed by atoms with Gasteiger partial charge in [0.05, 0.1) is 0 Å². The minimum atomic E-state index is -0.237. The molecule has 0 bridgehead atoms. The van der Waals surface area contributed by atoms with Crippen LogP contribution in [0.5, 0.6) is 5.75 Å². The highest BCUT2D eigenvalue weighted by atomic mass is 19.1. The molecule has 2 heteroatoms. The van der Waals surface area contributed by atoms with E-state index in [0.29, 0.717) is 17.9 Å². The Kier molecular flexibility index (Phi) is 3.07. The third kappa shape index (κ3) is 2.90. The molecule has 0 amide bonds. The highest BCUT2D eigenvalue weighted by Gasteiger charge is 1.99. The van der Waals surface area contributed by atoms with Crippen LogP contribution in [-0.4, -0.2) is 6.61 Å². The molecule has 1 rings (SSSR count). The van der Waals surface area contributed by atoms with Crippen molar-refractivity contribution in [2.24, 2.45) is 0 Å². The maximum atomic E-state index is 13.0. The number of halogens is 1. The van der Waals surface area contributed by atoms with Gasteiger partial charge in [-0.15, -0.1) is 0 Å². The third-order valence-corrected chi connectivity index (χ3v) is 1.63. The molecule has 0 aliphatic heterocycles. The first kappa shape index (κ1) is 9.78. The maximum absolute atomic E-state index is 13.0. The summed E-state index contributed by atoms with van der Waals surface area (Å²) in [5, 5.41) is 0. The van der Waals surface area contributed by atoms with Crippen LogP contribution in [0.3, 0.4) is 0 Å². The SMILES string of the molecule is C=C(C)COc1ccc(C)c(F)c1. The van der Waals surface area contributed by atoms with Gasteiger partial charge in [0, 0.05) is 6.07 Å². The molecule has 0 radical (unpaired) electrons. The monoisotopic (exact) mass is 180 g/mol. The van der Waals surface area contributed by atoms with E-state index in [0.717, 1.165) is 5.57 Å². The molecule has 0 N–H and O–H groups in total. The van der Waals surface area contributed by atoms with Gasteiger partial charge in [0.15, 0.2) is 0 Å². The van der Waals surface area contributed by atoms with Crippen molar-refractivity contribution in [2.75, 3.05) is 6.61 Å². The van der Waals surface area contributed by atoms with E-state index >= 15 is 0 Å². The quantitative estimate of drug-likeness (QED) is 0.649. The summed E-state index contributed by atoms with van der Waals surface area (Å²) in [5.41, 5.74) is 1.55. The number of hydrogen-bond donors (Lipinski definition) is 0. The summed E-state index contributed by atoms with van der Waals surface area (Å²) >= 11 is 0. The van der Waals surface area contributed by atoms with Crippen LogP contribution in [0.1, 0.15) is 12.5 Å². The fourth-order valence-corrected chi connectivity index (χ4v) is 0.870. The molecule has 0 aromatic heterocycles. The van der Waals surface area contributed by atoms with E-state index in [1.54, 1.807) is 19.1 Å². The average Bonchev–Trinajstić information content (AvgIpc) is 2.07. The van der Waals surface area contributed by atoms with Crippen LogP contribution in [0, 0.1) is 12.7 Å². The van der Waals surface area contributed by atoms with Crippen molar-refractivity contribution in [2.45, 2.75) is 13.8 Å². The van der Waals surface area contributed by atoms with E-state index < -0.39 is 0 Å². The summed E-state index contributed by atoms with van der Waals surface area (Å²) in [7, 11) is 0. The van der Waals surface area contributed by atoms with Crippen molar-refractivity contribution in [3.8, 4) is 5.75 Å². The molecular weight excluding hydrogens is 167 g/mol. The van der Waals surface area contributed by atoms with E-state index in [4.69, 9.17) is 4.74 Å². The maximum Gasteiger partial charge on any atom is 0.129 e. The van der Waals surface area contributed by atoms with Gasteiger partial charge in [-0.05, 0) is 31.1 Å². The minimum absolute atomic E-state index is 0.237. The minimum Gasteiger partial charge on any atom is -0.489 e. The molecule has 0 aliphatic rings. The Bertz CT molecular complexity index is 318. The Morgan fingerprint density at radius 1 is 1.54 bits per heavy atom. The average molecular weight is 180 g/mol. The molecular formula is C11H13FO. The molecule has 13 heavy (non-hydrogen) atoms. The molecule has 0 atom stereocenters. The van der Waals surface area contributed by atoms with Gasteiger partial charge in [-0.2, -0.15) is 0 Å². The van der Waals surface area contributed by atoms with Gasteiger partial charge in [0.2, 0.25) is 0 Å². The summed E-state index contributed by atoms with van der Waals surface area (Å²) in [6, 6.07) is 4.84. The zero-order valence-electron chi connectivity index (χ0n) is 7.93. The van der Waals surface area contributed by atoms with Gasteiger partial charge in [-0.3, -0.25) is 0 Å². The first-order valence-corrected chi connectivity index (χ1v) is 4.13. The molecule has 0 spiro atoms. The second-order valence-electron chi connectivity index (χ2n) is 3.16. The van der Waals surface area contributed by atoms with Gasteiger partial charge in [0.25, 0.3) is 0 Å². The van der Waals surface area contributed by atoms with Crippen LogP contribution in [0.15, 0.2) is 30.4 Å². The first-order valence-electron chi connectivity index (χ1n) is 4.13. The van der Waals surface area contributed by atoms with E-state index in [-0.39, 0.29) is 5.82 Å². The summed E-state index contributed by atoms with van der Waals surface area (Å²) in [6.07, 6.45) is 0. The molecule has 0 saturated heterocycles. The van der Waals surface area contributed by atoms with Crippen molar-refractivity contribution in [3.05, 3.63) is 41.7 Å². The summed E-state index contributed by atoms with van der Waals surface area (Å²) < 4.78 is 18.3. The van der Waals surface area contributed by atoms with Gasteiger partial charge < -0.3 is 4.74 Å². The Morgan fingerprint density at radius 2 is 2.23 bits per heavy atom. The summed E-state index contributed by atoms with van der Waals surface area (Å²) in [6.45, 7) is 7.71. The largest absolute Gasteiger partial charge is 0.489 e. The standard InChI is InChI=1S/C11H13FO/c1-8(2)7-13-10-5-4-9(3)11(12)6-10/h4-6H,1,7H2,2-3H3. The second-order valence-corrected chi connectivity index (χ2v) is 3.16. The molecule has 1 nitrogen and oxygen atoms in total. The Hall–Kier alpha value is -1.31. The smallest absolute Gasteiger partial charge is 0.129 e.